The van der Waals surface area contributed by atoms with Crippen LogP contribution in [-0.2, 0) is 10.0 Å². The normalized spacial score (nSPS) is 11.4. The number of rotatable bonds is 3. The summed E-state index contributed by atoms with van der Waals surface area (Å²) in [5.41, 5.74) is 0.281. The highest BCUT2D eigenvalue weighted by Crippen LogP contribution is 2.29. The number of halogens is 4. The fourth-order valence-electron chi connectivity index (χ4n) is 1.36. The van der Waals surface area contributed by atoms with Gasteiger partial charge in [-0.05, 0) is 62.8 Å². The molecular formula is C11H6BrCl2IN2O2S. The topological polar surface area (TPSA) is 59.1 Å². The average molecular weight is 508 g/mol. The summed E-state index contributed by atoms with van der Waals surface area (Å²) in [4.78, 5) is 3.67. The molecule has 1 aromatic heterocycles. The molecule has 0 saturated heterocycles. The van der Waals surface area contributed by atoms with Gasteiger partial charge in [-0.15, -0.1) is 0 Å². The average Bonchev–Trinajstić information content (AvgIpc) is 2.35. The monoisotopic (exact) mass is 506 g/mol. The van der Waals surface area contributed by atoms with Gasteiger partial charge in [0, 0.05) is 14.2 Å². The summed E-state index contributed by atoms with van der Waals surface area (Å²) < 4.78 is 28.4. The first-order valence-electron chi connectivity index (χ1n) is 5.08. The molecule has 0 aliphatic heterocycles. The van der Waals surface area contributed by atoms with E-state index in [9.17, 15) is 8.42 Å². The van der Waals surface area contributed by atoms with Crippen LogP contribution in [0.1, 0.15) is 0 Å². The number of hydrogen-bond donors (Lipinski definition) is 1. The van der Waals surface area contributed by atoms with Crippen molar-refractivity contribution < 1.29 is 8.42 Å². The van der Waals surface area contributed by atoms with E-state index in [1.165, 1.54) is 12.3 Å². The van der Waals surface area contributed by atoms with Crippen LogP contribution in [0.5, 0.6) is 0 Å². The van der Waals surface area contributed by atoms with Gasteiger partial charge >= 0.3 is 0 Å². The second-order valence-electron chi connectivity index (χ2n) is 3.67. The van der Waals surface area contributed by atoms with Gasteiger partial charge < -0.3 is 0 Å². The molecule has 0 atom stereocenters. The molecule has 0 aliphatic rings. The maximum Gasteiger partial charge on any atom is 0.265 e. The van der Waals surface area contributed by atoms with Crippen molar-refractivity contribution in [2.24, 2.45) is 0 Å². The van der Waals surface area contributed by atoms with Gasteiger partial charge in [-0.1, -0.05) is 23.2 Å². The Bertz CT molecular complexity index is 771. The zero-order valence-corrected chi connectivity index (χ0v) is 15.6. The van der Waals surface area contributed by atoms with Crippen molar-refractivity contribution in [1.29, 1.82) is 0 Å². The molecule has 0 fully saturated rings. The number of anilines is 1. The van der Waals surface area contributed by atoms with Crippen LogP contribution in [0.4, 0.5) is 5.69 Å². The molecule has 2 rings (SSSR count). The first kappa shape index (κ1) is 16.3. The molecule has 0 aliphatic carbocycles. The molecule has 0 saturated carbocycles. The molecule has 1 aromatic carbocycles. The number of benzene rings is 1. The standard InChI is InChI=1S/C11H6BrCl2IN2O2S/c12-6-3-10(11(14)16-5-6)20(18,19)17-9-2-1-7(15)4-8(9)13/h1-5,17H. The van der Waals surface area contributed by atoms with Gasteiger partial charge in [0.05, 0.1) is 10.7 Å². The van der Waals surface area contributed by atoms with Gasteiger partial charge in [0.15, 0.2) is 0 Å². The Balaban J connectivity index is 2.43. The van der Waals surface area contributed by atoms with Crippen LogP contribution in [0.3, 0.4) is 0 Å². The van der Waals surface area contributed by atoms with E-state index in [0.717, 1.165) is 3.57 Å². The second kappa shape index (κ2) is 6.35. The molecule has 0 amide bonds. The van der Waals surface area contributed by atoms with Crippen molar-refractivity contribution in [3.05, 3.63) is 48.7 Å². The first-order chi connectivity index (χ1) is 9.29. The van der Waals surface area contributed by atoms with Crippen LogP contribution < -0.4 is 4.72 Å². The van der Waals surface area contributed by atoms with E-state index in [2.05, 4.69) is 48.2 Å². The van der Waals surface area contributed by atoms with Crippen LogP contribution in [0, 0.1) is 3.57 Å². The molecule has 4 nitrogen and oxygen atoms in total. The predicted molar refractivity (Wildman–Crippen MR) is 91.9 cm³/mol. The van der Waals surface area contributed by atoms with E-state index in [1.54, 1.807) is 18.2 Å². The van der Waals surface area contributed by atoms with Gasteiger partial charge in [0.25, 0.3) is 10.0 Å². The third-order valence-corrected chi connectivity index (χ3v) is 5.45. The Labute approximate surface area is 148 Å². The van der Waals surface area contributed by atoms with Crippen molar-refractivity contribution in [3.8, 4) is 0 Å². The molecule has 1 heterocycles. The number of nitrogens with one attached hydrogen (secondary N) is 1. The number of aromatic nitrogens is 1. The largest absolute Gasteiger partial charge is 0.278 e. The van der Waals surface area contributed by atoms with Crippen molar-refractivity contribution in [3.63, 3.8) is 0 Å². The predicted octanol–water partition coefficient (Wildman–Crippen LogP) is 4.56. The van der Waals surface area contributed by atoms with Gasteiger partial charge in [0.2, 0.25) is 0 Å². The molecule has 20 heavy (non-hydrogen) atoms. The minimum atomic E-state index is -3.86. The Hall–Kier alpha value is -0.0900. The van der Waals surface area contributed by atoms with Crippen LogP contribution in [0.15, 0.2) is 39.8 Å². The van der Waals surface area contributed by atoms with E-state index in [4.69, 9.17) is 23.2 Å². The van der Waals surface area contributed by atoms with E-state index >= 15 is 0 Å². The second-order valence-corrected chi connectivity index (χ2v) is 8.25. The lowest BCUT2D eigenvalue weighted by molar-refractivity contribution is 0.601. The van der Waals surface area contributed by atoms with Crippen molar-refractivity contribution in [2.75, 3.05) is 4.72 Å². The van der Waals surface area contributed by atoms with Gasteiger partial charge in [-0.3, -0.25) is 4.72 Å². The molecule has 0 bridgehead atoms. The fraction of sp³-hybridized carbons (Fsp3) is 0. The molecule has 0 unspecified atom stereocenters. The molecule has 0 radical (unpaired) electrons. The summed E-state index contributed by atoms with van der Waals surface area (Å²) in [5.74, 6) is 0. The van der Waals surface area contributed by atoms with E-state index in [0.29, 0.717) is 9.50 Å². The van der Waals surface area contributed by atoms with Crippen molar-refractivity contribution in [1.82, 2.24) is 4.98 Å². The van der Waals surface area contributed by atoms with Crippen LogP contribution >= 0.6 is 61.7 Å². The van der Waals surface area contributed by atoms with Gasteiger partial charge in [-0.25, -0.2) is 13.4 Å². The molecular weight excluding hydrogens is 502 g/mol. The smallest absolute Gasteiger partial charge is 0.265 e. The summed E-state index contributed by atoms with van der Waals surface area (Å²) >= 11 is 17.1. The molecule has 106 valence electrons. The highest BCUT2D eigenvalue weighted by atomic mass is 127. The Morgan fingerprint density at radius 1 is 1.25 bits per heavy atom. The number of nitrogens with zero attached hydrogens (tertiary/aromatic N) is 1. The number of pyridine rings is 1. The summed E-state index contributed by atoms with van der Waals surface area (Å²) in [6, 6.07) is 6.35. The Morgan fingerprint density at radius 2 is 1.95 bits per heavy atom. The Morgan fingerprint density at radius 3 is 2.60 bits per heavy atom. The van der Waals surface area contributed by atoms with Gasteiger partial charge in [0.1, 0.15) is 10.0 Å². The third kappa shape index (κ3) is 3.76. The zero-order chi connectivity index (χ0) is 14.9. The summed E-state index contributed by atoms with van der Waals surface area (Å²) in [6.07, 6.45) is 1.42. The maximum atomic E-state index is 12.3. The van der Waals surface area contributed by atoms with E-state index < -0.39 is 10.0 Å². The number of sulfonamides is 1. The summed E-state index contributed by atoms with van der Waals surface area (Å²) in [7, 11) is -3.86. The first-order valence-corrected chi connectivity index (χ1v) is 9.19. The quantitative estimate of drug-likeness (QED) is 0.489. The lowest BCUT2D eigenvalue weighted by Crippen LogP contribution is -2.14. The fourth-order valence-corrected chi connectivity index (χ4v) is 4.35. The molecule has 2 aromatic rings. The van der Waals surface area contributed by atoms with Gasteiger partial charge in [-0.2, -0.15) is 0 Å². The maximum absolute atomic E-state index is 12.3. The molecule has 1 N–H and O–H groups in total. The summed E-state index contributed by atoms with van der Waals surface area (Å²) in [5, 5.41) is 0.196. The lowest BCUT2D eigenvalue weighted by Gasteiger charge is -2.11. The van der Waals surface area contributed by atoms with E-state index in [1.807, 2.05) is 0 Å². The highest BCUT2D eigenvalue weighted by Gasteiger charge is 2.20. The Kier molecular flexibility index (Phi) is 5.17. The zero-order valence-electron chi connectivity index (χ0n) is 9.57. The minimum absolute atomic E-state index is 0.109. The minimum Gasteiger partial charge on any atom is -0.278 e. The molecule has 9 heteroatoms. The third-order valence-electron chi connectivity index (χ3n) is 2.24. The van der Waals surface area contributed by atoms with Crippen molar-refractivity contribution in [2.45, 2.75) is 4.90 Å². The SMILES string of the molecule is O=S(=O)(Nc1ccc(I)cc1Cl)c1cc(Br)cnc1Cl. The van der Waals surface area contributed by atoms with Crippen LogP contribution in [0.25, 0.3) is 0 Å². The summed E-state index contributed by atoms with van der Waals surface area (Å²) in [6.45, 7) is 0. The van der Waals surface area contributed by atoms with E-state index in [-0.39, 0.29) is 15.7 Å². The lowest BCUT2D eigenvalue weighted by atomic mass is 10.3. The molecule has 0 spiro atoms. The van der Waals surface area contributed by atoms with Crippen molar-refractivity contribution >= 4 is 77.4 Å². The van der Waals surface area contributed by atoms with Crippen LogP contribution in [0.2, 0.25) is 10.2 Å². The number of hydrogen-bond acceptors (Lipinski definition) is 3. The van der Waals surface area contributed by atoms with Crippen LogP contribution in [-0.4, -0.2) is 13.4 Å². The highest BCUT2D eigenvalue weighted by molar-refractivity contribution is 14.1.